The molecular weight excluding hydrogens is 336 g/mol. The van der Waals surface area contributed by atoms with Crippen LogP contribution in [0.1, 0.15) is 73.9 Å². The fraction of sp³-hybridized carbons (Fsp3) is 0.533. The third-order valence-electron chi connectivity index (χ3n) is 3.86. The van der Waals surface area contributed by atoms with Gasteiger partial charge in [0.05, 0.1) is 5.56 Å². The Morgan fingerprint density at radius 3 is 2.00 bits per heavy atom. The van der Waals surface area contributed by atoms with Crippen LogP contribution >= 0.6 is 0 Å². The Hall–Kier alpha value is -1.68. The fourth-order valence-corrected chi connectivity index (χ4v) is 2.05. The molecule has 0 bridgehead atoms. The van der Waals surface area contributed by atoms with Crippen molar-refractivity contribution in [1.29, 1.82) is 0 Å². The minimum absolute atomic E-state index is 0.0457. The van der Waals surface area contributed by atoms with Crippen molar-refractivity contribution in [3.63, 3.8) is 0 Å². The molecule has 8 nitrogen and oxygen atoms in total. The van der Waals surface area contributed by atoms with Gasteiger partial charge < -0.3 is 5.11 Å². The van der Waals surface area contributed by atoms with Crippen LogP contribution in [0.5, 0.6) is 5.75 Å². The molecule has 1 amide bonds. The van der Waals surface area contributed by atoms with Gasteiger partial charge in [-0.2, -0.15) is 8.42 Å². The molecule has 138 valence electrons. The van der Waals surface area contributed by atoms with Crippen LogP contribution in [-0.2, 0) is 10.4 Å². The normalized spacial score (nSPS) is 13.5. The van der Waals surface area contributed by atoms with Crippen molar-refractivity contribution in [2.75, 3.05) is 0 Å². The molecule has 0 saturated carbocycles. The number of hydrazine groups is 1. The summed E-state index contributed by atoms with van der Waals surface area (Å²) >= 11 is 0. The number of nitrogens with one attached hydrogen (secondary N) is 1. The molecule has 0 saturated heterocycles. The Kier molecular flexibility index (Phi) is 8.91. The van der Waals surface area contributed by atoms with E-state index in [-0.39, 0.29) is 17.2 Å². The highest BCUT2D eigenvalue weighted by Crippen LogP contribution is 2.35. The van der Waals surface area contributed by atoms with Crippen molar-refractivity contribution >= 4 is 16.3 Å². The summed E-state index contributed by atoms with van der Waals surface area (Å²) < 4.78 is 31.6. The van der Waals surface area contributed by atoms with Gasteiger partial charge in [0.25, 0.3) is 5.91 Å². The predicted octanol–water partition coefficient (Wildman–Crippen LogP) is 2.37. The number of nitrogens with two attached hydrogens (primary N) is 1. The summed E-state index contributed by atoms with van der Waals surface area (Å²) in [6, 6.07) is 3.74. The number of carbonyl (C=O) groups is 1. The number of hydrogen-bond donors (Lipinski definition) is 5. The molecule has 9 heteroatoms. The fourth-order valence-electron chi connectivity index (χ4n) is 2.05. The Morgan fingerprint density at radius 1 is 1.17 bits per heavy atom. The molecule has 0 spiro atoms. The lowest BCUT2D eigenvalue weighted by Gasteiger charge is -2.18. The van der Waals surface area contributed by atoms with Gasteiger partial charge in [0.1, 0.15) is 5.75 Å². The van der Waals surface area contributed by atoms with Crippen LogP contribution in [0.25, 0.3) is 0 Å². The van der Waals surface area contributed by atoms with Crippen molar-refractivity contribution in [2.24, 2.45) is 5.84 Å². The van der Waals surface area contributed by atoms with Gasteiger partial charge in [-0.25, -0.2) is 5.84 Å². The molecule has 0 fully saturated rings. The Balaban J connectivity index is 0.000000922. The maximum atomic E-state index is 11.8. The molecule has 24 heavy (non-hydrogen) atoms. The van der Waals surface area contributed by atoms with E-state index in [0.29, 0.717) is 5.92 Å². The van der Waals surface area contributed by atoms with Gasteiger partial charge in [-0.3, -0.25) is 19.3 Å². The van der Waals surface area contributed by atoms with E-state index in [2.05, 4.69) is 26.2 Å². The van der Waals surface area contributed by atoms with E-state index < -0.39 is 16.3 Å². The van der Waals surface area contributed by atoms with Gasteiger partial charge in [-0.05, 0) is 41.9 Å². The molecule has 2 atom stereocenters. The summed E-state index contributed by atoms with van der Waals surface area (Å²) in [4.78, 5) is 11.8. The topological polar surface area (TPSA) is 150 Å². The van der Waals surface area contributed by atoms with Gasteiger partial charge in [0, 0.05) is 0 Å². The Labute approximate surface area is 142 Å². The van der Waals surface area contributed by atoms with Crippen LogP contribution < -0.4 is 11.3 Å². The van der Waals surface area contributed by atoms with E-state index >= 15 is 0 Å². The Morgan fingerprint density at radius 2 is 1.62 bits per heavy atom. The molecule has 0 aromatic heterocycles. The summed E-state index contributed by atoms with van der Waals surface area (Å²) in [6.45, 7) is 8.31. The summed E-state index contributed by atoms with van der Waals surface area (Å²) in [7, 11) is -4.67. The second-order valence-electron chi connectivity index (χ2n) is 5.55. The highest BCUT2D eigenvalue weighted by Gasteiger charge is 2.20. The number of amides is 1. The standard InChI is InChI=1S/C15H24N2O2.H2O4S/c1-5-9(3)11-7-12(10(4)6-2)14(18)13(8-11)15(19)17-16;1-5(2,3)4/h7-10,18H,5-6,16H2,1-4H3,(H,17,19);(H2,1,2,3,4). The first-order valence-corrected chi connectivity index (χ1v) is 8.93. The lowest BCUT2D eigenvalue weighted by molar-refractivity contribution is 0.0950. The second kappa shape index (κ2) is 9.58. The molecular formula is C15H26N2O6S. The molecule has 1 rings (SSSR count). The molecule has 0 aliphatic heterocycles. The van der Waals surface area contributed by atoms with Crippen LogP contribution in [0.3, 0.4) is 0 Å². The minimum atomic E-state index is -4.67. The number of aromatic hydroxyl groups is 1. The van der Waals surface area contributed by atoms with Crippen LogP contribution in [-0.4, -0.2) is 28.5 Å². The van der Waals surface area contributed by atoms with Crippen LogP contribution in [0, 0.1) is 0 Å². The number of rotatable bonds is 5. The molecule has 0 heterocycles. The van der Waals surface area contributed by atoms with Gasteiger partial charge in [0.15, 0.2) is 0 Å². The SMILES string of the molecule is CCC(C)c1cc(C(=O)NN)c(O)c(C(C)CC)c1.O=S(=O)(O)O. The second-order valence-corrected chi connectivity index (χ2v) is 6.44. The third kappa shape index (κ3) is 7.26. The van der Waals surface area contributed by atoms with Crippen LogP contribution in [0.2, 0.25) is 0 Å². The smallest absolute Gasteiger partial charge is 0.394 e. The van der Waals surface area contributed by atoms with Crippen LogP contribution in [0.4, 0.5) is 0 Å². The molecule has 6 N–H and O–H groups in total. The van der Waals surface area contributed by atoms with E-state index in [4.69, 9.17) is 23.4 Å². The highest BCUT2D eigenvalue weighted by molar-refractivity contribution is 7.79. The largest absolute Gasteiger partial charge is 0.507 e. The zero-order valence-electron chi connectivity index (χ0n) is 14.3. The van der Waals surface area contributed by atoms with Crippen LogP contribution in [0.15, 0.2) is 12.1 Å². The van der Waals surface area contributed by atoms with Crippen molar-refractivity contribution in [1.82, 2.24) is 5.43 Å². The number of benzene rings is 1. The quantitative estimate of drug-likeness (QED) is 0.233. The van der Waals surface area contributed by atoms with E-state index in [1.54, 1.807) is 6.07 Å². The molecule has 0 radical (unpaired) electrons. The predicted molar refractivity (Wildman–Crippen MR) is 91.3 cm³/mol. The van der Waals surface area contributed by atoms with Gasteiger partial charge >= 0.3 is 10.4 Å². The number of nitrogen functional groups attached to an aromatic ring is 1. The summed E-state index contributed by atoms with van der Waals surface area (Å²) in [6.07, 6.45) is 1.88. The summed E-state index contributed by atoms with van der Waals surface area (Å²) in [5, 5.41) is 10.3. The average molecular weight is 362 g/mol. The first kappa shape index (κ1) is 22.3. The van der Waals surface area contributed by atoms with Crippen molar-refractivity contribution in [3.05, 3.63) is 28.8 Å². The minimum Gasteiger partial charge on any atom is -0.507 e. The summed E-state index contributed by atoms with van der Waals surface area (Å²) in [5.41, 5.74) is 4.23. The monoisotopic (exact) mass is 362 g/mol. The third-order valence-corrected chi connectivity index (χ3v) is 3.86. The van der Waals surface area contributed by atoms with E-state index in [9.17, 15) is 9.90 Å². The zero-order valence-corrected chi connectivity index (χ0v) is 15.1. The lowest BCUT2D eigenvalue weighted by Crippen LogP contribution is -2.30. The number of hydrogen-bond acceptors (Lipinski definition) is 5. The van der Waals surface area contributed by atoms with E-state index in [1.165, 1.54) is 0 Å². The van der Waals surface area contributed by atoms with E-state index in [1.807, 2.05) is 13.0 Å². The molecule has 1 aromatic rings. The number of carbonyl (C=O) groups excluding carboxylic acids is 1. The number of phenols is 1. The molecule has 1 aromatic carbocycles. The van der Waals surface area contributed by atoms with Gasteiger partial charge in [-0.1, -0.05) is 33.8 Å². The Bertz CT molecular complexity index is 652. The van der Waals surface area contributed by atoms with Gasteiger partial charge in [-0.15, -0.1) is 0 Å². The van der Waals surface area contributed by atoms with Crippen molar-refractivity contribution in [3.8, 4) is 5.75 Å². The first-order valence-electron chi connectivity index (χ1n) is 7.53. The lowest BCUT2D eigenvalue weighted by atomic mass is 9.88. The number of phenolic OH excluding ortho intramolecular Hbond substituents is 1. The first-order chi connectivity index (χ1) is 11.0. The highest BCUT2D eigenvalue weighted by atomic mass is 32.3. The van der Waals surface area contributed by atoms with Crippen molar-refractivity contribution in [2.45, 2.75) is 52.4 Å². The van der Waals surface area contributed by atoms with Crippen molar-refractivity contribution < 1.29 is 27.4 Å². The molecule has 2 unspecified atom stereocenters. The molecule has 0 aliphatic rings. The van der Waals surface area contributed by atoms with E-state index in [0.717, 1.165) is 24.0 Å². The maximum Gasteiger partial charge on any atom is 0.394 e. The van der Waals surface area contributed by atoms with Gasteiger partial charge in [0.2, 0.25) is 0 Å². The maximum absolute atomic E-state index is 11.8. The average Bonchev–Trinajstić information content (AvgIpc) is 2.51. The summed E-state index contributed by atoms with van der Waals surface area (Å²) in [5.74, 6) is 5.32. The molecule has 0 aliphatic carbocycles. The zero-order chi connectivity index (χ0) is 19.1.